The molecule has 2 heterocycles. The summed E-state index contributed by atoms with van der Waals surface area (Å²) in [6.45, 7) is 6.87. The van der Waals surface area contributed by atoms with E-state index in [-0.39, 0.29) is 5.91 Å². The molecule has 0 unspecified atom stereocenters. The highest BCUT2D eigenvalue weighted by molar-refractivity contribution is 9.10. The Balaban J connectivity index is 1.83. The lowest BCUT2D eigenvalue weighted by Gasteiger charge is -2.15. The van der Waals surface area contributed by atoms with Crippen molar-refractivity contribution in [3.05, 3.63) is 22.4 Å². The van der Waals surface area contributed by atoms with Gasteiger partial charge in [0, 0.05) is 30.3 Å². The van der Waals surface area contributed by atoms with Crippen molar-refractivity contribution in [3.8, 4) is 0 Å². The van der Waals surface area contributed by atoms with Crippen molar-refractivity contribution in [2.75, 3.05) is 26.2 Å². The average molecular weight is 314 g/mol. The molecule has 1 N–H and O–H groups in total. The maximum Gasteiger partial charge on any atom is 0.267 e. The van der Waals surface area contributed by atoms with Crippen LogP contribution in [0.15, 0.2) is 16.7 Å². The normalized spacial score (nSPS) is 16.1. The fraction of sp³-hybridized carbons (Fsp3) is 0.615. The standard InChI is InChI=1S/C13H20BrN3O/c1-2-17-10-11(14)9-12(17)13(18)15-5-8-16-6-3-4-7-16/h9-10H,2-8H2,1H3,(H,15,18). The predicted molar refractivity (Wildman–Crippen MR) is 75.8 cm³/mol. The number of hydrogen-bond donors (Lipinski definition) is 1. The summed E-state index contributed by atoms with van der Waals surface area (Å²) in [7, 11) is 0. The lowest BCUT2D eigenvalue weighted by atomic mass is 10.4. The van der Waals surface area contributed by atoms with E-state index >= 15 is 0 Å². The van der Waals surface area contributed by atoms with Crippen molar-refractivity contribution in [2.45, 2.75) is 26.3 Å². The van der Waals surface area contributed by atoms with E-state index in [0.29, 0.717) is 0 Å². The van der Waals surface area contributed by atoms with E-state index in [1.807, 2.05) is 23.8 Å². The molecule has 1 amide bonds. The van der Waals surface area contributed by atoms with Crippen LogP contribution in [0.2, 0.25) is 0 Å². The molecule has 4 nitrogen and oxygen atoms in total. The van der Waals surface area contributed by atoms with Gasteiger partial charge in [0.25, 0.3) is 5.91 Å². The molecule has 100 valence electrons. The molecule has 1 aliphatic rings. The molecule has 1 aromatic heterocycles. The highest BCUT2D eigenvalue weighted by atomic mass is 79.9. The number of hydrogen-bond acceptors (Lipinski definition) is 2. The number of halogens is 1. The number of rotatable bonds is 5. The van der Waals surface area contributed by atoms with E-state index in [1.165, 1.54) is 25.9 Å². The number of carbonyl (C=O) groups excluding carboxylic acids is 1. The van der Waals surface area contributed by atoms with Gasteiger partial charge in [-0.15, -0.1) is 0 Å². The highest BCUT2D eigenvalue weighted by Gasteiger charge is 2.14. The number of aryl methyl sites for hydroxylation is 1. The molecule has 0 aliphatic carbocycles. The van der Waals surface area contributed by atoms with E-state index in [9.17, 15) is 4.79 Å². The zero-order chi connectivity index (χ0) is 13.0. The summed E-state index contributed by atoms with van der Waals surface area (Å²) in [6.07, 6.45) is 4.52. The Morgan fingerprint density at radius 2 is 2.17 bits per heavy atom. The summed E-state index contributed by atoms with van der Waals surface area (Å²) in [5, 5.41) is 2.99. The average Bonchev–Trinajstić information content (AvgIpc) is 2.98. The van der Waals surface area contributed by atoms with Gasteiger partial charge in [-0.3, -0.25) is 4.79 Å². The molecule has 0 radical (unpaired) electrons. The van der Waals surface area contributed by atoms with Gasteiger partial charge in [0.2, 0.25) is 0 Å². The molecule has 1 aliphatic heterocycles. The monoisotopic (exact) mass is 313 g/mol. The highest BCUT2D eigenvalue weighted by Crippen LogP contribution is 2.14. The van der Waals surface area contributed by atoms with Crippen LogP contribution in [0.1, 0.15) is 30.3 Å². The van der Waals surface area contributed by atoms with Crippen LogP contribution < -0.4 is 5.32 Å². The molecule has 1 fully saturated rings. The summed E-state index contributed by atoms with van der Waals surface area (Å²) < 4.78 is 2.91. The van der Waals surface area contributed by atoms with Gasteiger partial charge in [0.05, 0.1) is 0 Å². The Hall–Kier alpha value is -0.810. The molecule has 1 aromatic rings. The van der Waals surface area contributed by atoms with Crippen LogP contribution in [0.25, 0.3) is 0 Å². The third kappa shape index (κ3) is 3.36. The largest absolute Gasteiger partial charge is 0.349 e. The van der Waals surface area contributed by atoms with Gasteiger partial charge in [-0.05, 0) is 54.9 Å². The van der Waals surface area contributed by atoms with Gasteiger partial charge < -0.3 is 14.8 Å². The Kier molecular flexibility index (Phi) is 4.83. The molecule has 0 spiro atoms. The maximum atomic E-state index is 12.0. The maximum absolute atomic E-state index is 12.0. The molecule has 1 saturated heterocycles. The quantitative estimate of drug-likeness (QED) is 0.904. The second-order valence-electron chi connectivity index (χ2n) is 4.63. The van der Waals surface area contributed by atoms with E-state index in [4.69, 9.17) is 0 Å². The summed E-state index contributed by atoms with van der Waals surface area (Å²) in [5.74, 6) is 0.0155. The van der Waals surface area contributed by atoms with Crippen LogP contribution in [0.3, 0.4) is 0 Å². The van der Waals surface area contributed by atoms with Crippen LogP contribution in [0.4, 0.5) is 0 Å². The minimum atomic E-state index is 0.0155. The van der Waals surface area contributed by atoms with E-state index in [2.05, 4.69) is 26.1 Å². The van der Waals surface area contributed by atoms with Gasteiger partial charge in [0.15, 0.2) is 0 Å². The summed E-state index contributed by atoms with van der Waals surface area (Å²) >= 11 is 3.41. The number of carbonyl (C=O) groups is 1. The van der Waals surface area contributed by atoms with Crippen LogP contribution in [0, 0.1) is 0 Å². The van der Waals surface area contributed by atoms with Crippen molar-refractivity contribution in [3.63, 3.8) is 0 Å². The van der Waals surface area contributed by atoms with E-state index in [0.717, 1.165) is 29.8 Å². The number of likely N-dealkylation sites (tertiary alicyclic amines) is 1. The van der Waals surface area contributed by atoms with Crippen LogP contribution in [-0.4, -0.2) is 41.6 Å². The Bertz CT molecular complexity index is 410. The molecule has 0 saturated carbocycles. The minimum Gasteiger partial charge on any atom is -0.349 e. The lowest BCUT2D eigenvalue weighted by molar-refractivity contribution is 0.0940. The second kappa shape index (κ2) is 6.38. The Morgan fingerprint density at radius 1 is 1.44 bits per heavy atom. The molecule has 5 heteroatoms. The van der Waals surface area contributed by atoms with Crippen molar-refractivity contribution < 1.29 is 4.79 Å². The molecule has 2 rings (SSSR count). The molecule has 0 atom stereocenters. The number of nitrogens with zero attached hydrogens (tertiary/aromatic N) is 2. The van der Waals surface area contributed by atoms with E-state index < -0.39 is 0 Å². The molecule has 18 heavy (non-hydrogen) atoms. The number of amides is 1. The third-order valence-corrected chi connectivity index (χ3v) is 3.78. The molecular formula is C13H20BrN3O. The molecule has 0 aromatic carbocycles. The number of aromatic nitrogens is 1. The lowest BCUT2D eigenvalue weighted by Crippen LogP contribution is -2.34. The molecular weight excluding hydrogens is 294 g/mol. The topological polar surface area (TPSA) is 37.3 Å². The van der Waals surface area contributed by atoms with Gasteiger partial charge in [-0.2, -0.15) is 0 Å². The fourth-order valence-corrected chi connectivity index (χ4v) is 2.82. The van der Waals surface area contributed by atoms with Gasteiger partial charge in [-0.25, -0.2) is 0 Å². The van der Waals surface area contributed by atoms with Gasteiger partial charge in [-0.1, -0.05) is 0 Å². The van der Waals surface area contributed by atoms with Gasteiger partial charge >= 0.3 is 0 Å². The zero-order valence-electron chi connectivity index (χ0n) is 10.8. The minimum absolute atomic E-state index is 0.0155. The van der Waals surface area contributed by atoms with Crippen molar-refractivity contribution in [1.82, 2.24) is 14.8 Å². The number of nitrogens with one attached hydrogen (secondary N) is 1. The third-order valence-electron chi connectivity index (χ3n) is 3.35. The SMILES string of the molecule is CCn1cc(Br)cc1C(=O)NCCN1CCCC1. The van der Waals surface area contributed by atoms with Crippen molar-refractivity contribution in [2.24, 2.45) is 0 Å². The van der Waals surface area contributed by atoms with Gasteiger partial charge in [0.1, 0.15) is 5.69 Å². The van der Waals surface area contributed by atoms with Crippen LogP contribution in [-0.2, 0) is 6.54 Å². The summed E-state index contributed by atoms with van der Waals surface area (Å²) in [4.78, 5) is 14.4. The smallest absolute Gasteiger partial charge is 0.267 e. The Morgan fingerprint density at radius 3 is 2.83 bits per heavy atom. The first-order valence-corrected chi connectivity index (χ1v) is 7.36. The van der Waals surface area contributed by atoms with Crippen molar-refractivity contribution in [1.29, 1.82) is 0 Å². The summed E-state index contributed by atoms with van der Waals surface area (Å²) in [6, 6.07) is 1.87. The molecule has 0 bridgehead atoms. The van der Waals surface area contributed by atoms with E-state index in [1.54, 1.807) is 0 Å². The first-order valence-electron chi connectivity index (χ1n) is 6.57. The van der Waals surface area contributed by atoms with Crippen LogP contribution >= 0.6 is 15.9 Å². The Labute approximate surface area is 116 Å². The zero-order valence-corrected chi connectivity index (χ0v) is 12.4. The fourth-order valence-electron chi connectivity index (χ4n) is 2.35. The van der Waals surface area contributed by atoms with Crippen molar-refractivity contribution >= 4 is 21.8 Å². The first kappa shape index (κ1) is 13.6. The predicted octanol–water partition coefficient (Wildman–Crippen LogP) is 2.10. The first-order chi connectivity index (χ1) is 8.70. The summed E-state index contributed by atoms with van der Waals surface area (Å²) in [5.41, 5.74) is 0.728. The second-order valence-corrected chi connectivity index (χ2v) is 5.55. The van der Waals surface area contributed by atoms with Crippen LogP contribution in [0.5, 0.6) is 0 Å².